The lowest BCUT2D eigenvalue weighted by molar-refractivity contribution is 0.242. The third-order valence-corrected chi connectivity index (χ3v) is 2.63. The standard InChI is InChI=1S/C14H23NO/c1-11(2)16-14-7-5-6-13(10-14)12(3)8-9-15-4/h5-7,10-12,15H,8-9H2,1-4H3. The van der Waals surface area contributed by atoms with Crippen LogP contribution < -0.4 is 10.1 Å². The second-order valence-corrected chi connectivity index (χ2v) is 4.53. The first kappa shape index (κ1) is 13.0. The van der Waals surface area contributed by atoms with Crippen LogP contribution in [0.5, 0.6) is 5.75 Å². The summed E-state index contributed by atoms with van der Waals surface area (Å²) in [4.78, 5) is 0. The molecule has 0 radical (unpaired) electrons. The van der Waals surface area contributed by atoms with E-state index in [1.807, 2.05) is 13.1 Å². The Morgan fingerprint density at radius 2 is 2.00 bits per heavy atom. The van der Waals surface area contributed by atoms with Gasteiger partial charge in [-0.3, -0.25) is 0 Å². The Morgan fingerprint density at radius 1 is 1.25 bits per heavy atom. The molecule has 1 atom stereocenters. The number of benzene rings is 1. The Bertz CT molecular complexity index is 309. The summed E-state index contributed by atoms with van der Waals surface area (Å²) in [5, 5.41) is 3.18. The van der Waals surface area contributed by atoms with Gasteiger partial charge in [-0.2, -0.15) is 0 Å². The normalized spacial score (nSPS) is 12.8. The molecule has 0 saturated carbocycles. The predicted molar refractivity (Wildman–Crippen MR) is 69.2 cm³/mol. The fraction of sp³-hybridized carbons (Fsp3) is 0.571. The Kier molecular flexibility index (Phi) is 5.33. The van der Waals surface area contributed by atoms with Crippen LogP contribution in [0, 0.1) is 0 Å². The van der Waals surface area contributed by atoms with Crippen molar-refractivity contribution < 1.29 is 4.74 Å². The van der Waals surface area contributed by atoms with Gasteiger partial charge in [0.1, 0.15) is 5.75 Å². The van der Waals surface area contributed by atoms with Gasteiger partial charge in [-0.15, -0.1) is 0 Å². The molecule has 90 valence electrons. The SMILES string of the molecule is CNCCC(C)c1cccc(OC(C)C)c1. The van der Waals surface area contributed by atoms with Gasteiger partial charge >= 0.3 is 0 Å². The lowest BCUT2D eigenvalue weighted by Gasteiger charge is -2.14. The summed E-state index contributed by atoms with van der Waals surface area (Å²) < 4.78 is 5.69. The van der Waals surface area contributed by atoms with Crippen LogP contribution in [0.15, 0.2) is 24.3 Å². The number of hydrogen-bond acceptors (Lipinski definition) is 2. The molecule has 1 N–H and O–H groups in total. The summed E-state index contributed by atoms with van der Waals surface area (Å²) in [5.41, 5.74) is 1.36. The van der Waals surface area contributed by atoms with Crippen LogP contribution >= 0.6 is 0 Å². The van der Waals surface area contributed by atoms with Crippen molar-refractivity contribution in [2.24, 2.45) is 0 Å². The first-order valence-electron chi connectivity index (χ1n) is 6.04. The summed E-state index contributed by atoms with van der Waals surface area (Å²) >= 11 is 0. The lowest BCUT2D eigenvalue weighted by atomic mass is 9.98. The van der Waals surface area contributed by atoms with Crippen molar-refractivity contribution in [3.63, 3.8) is 0 Å². The highest BCUT2D eigenvalue weighted by molar-refractivity contribution is 5.30. The van der Waals surface area contributed by atoms with E-state index >= 15 is 0 Å². The molecular weight excluding hydrogens is 198 g/mol. The van der Waals surface area contributed by atoms with Crippen molar-refractivity contribution in [2.45, 2.75) is 39.2 Å². The van der Waals surface area contributed by atoms with E-state index in [1.165, 1.54) is 5.56 Å². The first-order chi connectivity index (χ1) is 7.63. The average Bonchev–Trinajstić information content (AvgIpc) is 2.25. The summed E-state index contributed by atoms with van der Waals surface area (Å²) in [5.74, 6) is 1.55. The van der Waals surface area contributed by atoms with Crippen LogP contribution in [-0.4, -0.2) is 19.7 Å². The monoisotopic (exact) mass is 221 g/mol. The number of nitrogens with one attached hydrogen (secondary N) is 1. The molecule has 0 amide bonds. The van der Waals surface area contributed by atoms with Gasteiger partial charge in [-0.25, -0.2) is 0 Å². The maximum Gasteiger partial charge on any atom is 0.119 e. The van der Waals surface area contributed by atoms with E-state index in [1.54, 1.807) is 0 Å². The molecule has 0 aliphatic rings. The molecule has 0 aliphatic heterocycles. The quantitative estimate of drug-likeness (QED) is 0.796. The van der Waals surface area contributed by atoms with E-state index in [2.05, 4.69) is 44.3 Å². The third-order valence-electron chi connectivity index (χ3n) is 2.63. The molecule has 0 heterocycles. The Labute approximate surface area is 99.0 Å². The Morgan fingerprint density at radius 3 is 2.62 bits per heavy atom. The van der Waals surface area contributed by atoms with Crippen LogP contribution in [0.1, 0.15) is 38.7 Å². The second-order valence-electron chi connectivity index (χ2n) is 4.53. The van der Waals surface area contributed by atoms with Gasteiger partial charge in [0.05, 0.1) is 6.10 Å². The molecule has 0 fully saturated rings. The summed E-state index contributed by atoms with van der Waals surface area (Å²) in [6.45, 7) is 7.41. The molecule has 1 aromatic carbocycles. The van der Waals surface area contributed by atoms with Crippen molar-refractivity contribution in [3.05, 3.63) is 29.8 Å². The summed E-state index contributed by atoms with van der Waals surface area (Å²) in [6, 6.07) is 8.42. The highest BCUT2D eigenvalue weighted by Gasteiger charge is 2.06. The molecular formula is C14H23NO. The molecule has 16 heavy (non-hydrogen) atoms. The zero-order valence-electron chi connectivity index (χ0n) is 10.8. The fourth-order valence-corrected chi connectivity index (χ4v) is 1.69. The predicted octanol–water partition coefficient (Wildman–Crippen LogP) is 3.19. The minimum atomic E-state index is 0.239. The molecule has 0 aliphatic carbocycles. The molecule has 0 aromatic heterocycles. The van der Waals surface area contributed by atoms with Gasteiger partial charge in [-0.05, 0) is 57.5 Å². The zero-order chi connectivity index (χ0) is 12.0. The Hall–Kier alpha value is -1.02. The van der Waals surface area contributed by atoms with Crippen LogP contribution in [0.25, 0.3) is 0 Å². The maximum absolute atomic E-state index is 5.69. The summed E-state index contributed by atoms with van der Waals surface area (Å²) in [7, 11) is 1.99. The van der Waals surface area contributed by atoms with E-state index in [0.717, 1.165) is 18.7 Å². The molecule has 1 unspecified atom stereocenters. The fourth-order valence-electron chi connectivity index (χ4n) is 1.69. The molecule has 0 saturated heterocycles. The van der Waals surface area contributed by atoms with Gasteiger partial charge in [0.15, 0.2) is 0 Å². The first-order valence-corrected chi connectivity index (χ1v) is 6.04. The minimum absolute atomic E-state index is 0.239. The van der Waals surface area contributed by atoms with Crippen LogP contribution in [0.4, 0.5) is 0 Å². The van der Waals surface area contributed by atoms with Crippen LogP contribution in [-0.2, 0) is 0 Å². The lowest BCUT2D eigenvalue weighted by Crippen LogP contribution is -2.11. The van der Waals surface area contributed by atoms with Gasteiger partial charge in [0, 0.05) is 0 Å². The number of rotatable bonds is 6. The number of hydrogen-bond donors (Lipinski definition) is 1. The molecule has 1 aromatic rings. The van der Waals surface area contributed by atoms with E-state index in [9.17, 15) is 0 Å². The van der Waals surface area contributed by atoms with Crippen LogP contribution in [0.2, 0.25) is 0 Å². The molecule has 2 nitrogen and oxygen atoms in total. The van der Waals surface area contributed by atoms with E-state index in [4.69, 9.17) is 4.74 Å². The van der Waals surface area contributed by atoms with Crippen LogP contribution in [0.3, 0.4) is 0 Å². The summed E-state index contributed by atoms with van der Waals surface area (Å²) in [6.07, 6.45) is 1.39. The van der Waals surface area contributed by atoms with Crippen molar-refractivity contribution >= 4 is 0 Å². The van der Waals surface area contributed by atoms with Crippen molar-refractivity contribution in [3.8, 4) is 5.75 Å². The Balaban J connectivity index is 2.65. The third kappa shape index (κ3) is 4.23. The van der Waals surface area contributed by atoms with E-state index in [-0.39, 0.29) is 6.10 Å². The van der Waals surface area contributed by atoms with Gasteiger partial charge in [0.2, 0.25) is 0 Å². The highest BCUT2D eigenvalue weighted by atomic mass is 16.5. The number of ether oxygens (including phenoxy) is 1. The maximum atomic E-state index is 5.69. The van der Waals surface area contributed by atoms with Gasteiger partial charge in [0.25, 0.3) is 0 Å². The zero-order valence-corrected chi connectivity index (χ0v) is 10.8. The molecule has 1 rings (SSSR count). The smallest absolute Gasteiger partial charge is 0.119 e. The van der Waals surface area contributed by atoms with E-state index in [0.29, 0.717) is 5.92 Å². The highest BCUT2D eigenvalue weighted by Crippen LogP contribution is 2.23. The molecule has 2 heteroatoms. The average molecular weight is 221 g/mol. The molecule has 0 bridgehead atoms. The van der Waals surface area contributed by atoms with Gasteiger partial charge < -0.3 is 10.1 Å². The minimum Gasteiger partial charge on any atom is -0.491 e. The van der Waals surface area contributed by atoms with E-state index < -0.39 is 0 Å². The van der Waals surface area contributed by atoms with Gasteiger partial charge in [-0.1, -0.05) is 19.1 Å². The second kappa shape index (κ2) is 6.54. The molecule has 0 spiro atoms. The van der Waals surface area contributed by atoms with Crippen molar-refractivity contribution in [2.75, 3.05) is 13.6 Å². The largest absolute Gasteiger partial charge is 0.491 e. The topological polar surface area (TPSA) is 21.3 Å². The van der Waals surface area contributed by atoms with Crippen molar-refractivity contribution in [1.82, 2.24) is 5.32 Å². The van der Waals surface area contributed by atoms with Crippen molar-refractivity contribution in [1.29, 1.82) is 0 Å².